The van der Waals surface area contributed by atoms with Gasteiger partial charge >= 0.3 is 12.4 Å². The minimum Gasteiger partial charge on any atom is -0.493 e. The van der Waals surface area contributed by atoms with Gasteiger partial charge in [0.1, 0.15) is 11.3 Å². The molecule has 1 fully saturated rings. The molecule has 2 rings (SSSR count). The number of alkyl halides is 6. The number of ketones is 1. The molecule has 0 N–H and O–H groups in total. The standard InChI is InChI=1S/C21H26F6O2/c1-3-5-13-6-8-14(9-7-13)12-16(28)15-10-11-17(29-4-2)19(21(25,26)27)18(15)20(22,23)24/h10-11,13-14H,3-9,12H2,1-2H3. The van der Waals surface area contributed by atoms with Crippen molar-refractivity contribution >= 4 is 5.78 Å². The topological polar surface area (TPSA) is 26.3 Å². The second kappa shape index (κ2) is 9.39. The molecule has 1 aliphatic carbocycles. The summed E-state index contributed by atoms with van der Waals surface area (Å²) in [6.07, 6.45) is -5.47. The molecule has 0 spiro atoms. The molecule has 0 atom stereocenters. The zero-order valence-corrected chi connectivity index (χ0v) is 16.6. The molecule has 0 unspecified atom stereocenters. The van der Waals surface area contributed by atoms with E-state index in [1.54, 1.807) is 0 Å². The number of halogens is 6. The van der Waals surface area contributed by atoms with Crippen LogP contribution in [-0.2, 0) is 12.4 Å². The van der Waals surface area contributed by atoms with E-state index in [-0.39, 0.29) is 18.9 Å². The molecule has 0 aliphatic heterocycles. The number of hydrogen-bond acceptors (Lipinski definition) is 2. The van der Waals surface area contributed by atoms with Crippen molar-refractivity contribution in [3.63, 3.8) is 0 Å². The third-order valence-electron chi connectivity index (χ3n) is 5.47. The van der Waals surface area contributed by atoms with Gasteiger partial charge in [-0.1, -0.05) is 32.6 Å². The maximum atomic E-state index is 13.6. The van der Waals surface area contributed by atoms with E-state index in [0.29, 0.717) is 18.8 Å². The summed E-state index contributed by atoms with van der Waals surface area (Å²) in [6, 6.07) is 1.63. The van der Waals surface area contributed by atoms with Gasteiger partial charge < -0.3 is 4.74 Å². The second-order valence-corrected chi connectivity index (χ2v) is 7.59. The fourth-order valence-corrected chi connectivity index (χ4v) is 4.17. The largest absolute Gasteiger partial charge is 0.493 e. The first-order chi connectivity index (χ1) is 13.5. The Morgan fingerprint density at radius 3 is 1.97 bits per heavy atom. The maximum Gasteiger partial charge on any atom is 0.420 e. The Bertz CT molecular complexity index is 700. The lowest BCUT2D eigenvalue weighted by Crippen LogP contribution is -2.24. The van der Waals surface area contributed by atoms with Crippen LogP contribution in [0.3, 0.4) is 0 Å². The molecule has 0 bridgehead atoms. The third kappa shape index (κ3) is 5.89. The van der Waals surface area contributed by atoms with Crippen LogP contribution in [0.25, 0.3) is 0 Å². The highest BCUT2D eigenvalue weighted by Gasteiger charge is 2.48. The summed E-state index contributed by atoms with van der Waals surface area (Å²) < 4.78 is 86.1. The summed E-state index contributed by atoms with van der Waals surface area (Å²) in [5.41, 5.74) is -4.80. The smallest absolute Gasteiger partial charge is 0.420 e. The summed E-state index contributed by atoms with van der Waals surface area (Å²) in [5, 5.41) is 0. The Balaban J connectivity index is 2.36. The first-order valence-corrected chi connectivity index (χ1v) is 9.96. The van der Waals surface area contributed by atoms with E-state index in [1.165, 1.54) is 6.92 Å². The monoisotopic (exact) mass is 424 g/mol. The number of Topliss-reactive ketones (excluding diaryl/α,β-unsaturated/α-hetero) is 1. The molecule has 1 saturated carbocycles. The van der Waals surface area contributed by atoms with Crippen LogP contribution in [0.4, 0.5) is 26.3 Å². The molecule has 0 heterocycles. The van der Waals surface area contributed by atoms with Crippen molar-refractivity contribution in [3.8, 4) is 5.75 Å². The van der Waals surface area contributed by atoms with Gasteiger partial charge in [-0.05, 0) is 43.7 Å². The van der Waals surface area contributed by atoms with Crippen LogP contribution >= 0.6 is 0 Å². The summed E-state index contributed by atoms with van der Waals surface area (Å²) in [4.78, 5) is 12.6. The van der Waals surface area contributed by atoms with Gasteiger partial charge in [0.2, 0.25) is 0 Å². The van der Waals surface area contributed by atoms with E-state index in [1.807, 2.05) is 0 Å². The van der Waals surface area contributed by atoms with Gasteiger partial charge in [-0.15, -0.1) is 0 Å². The van der Waals surface area contributed by atoms with Crippen LogP contribution in [0.5, 0.6) is 5.75 Å². The number of carbonyl (C=O) groups is 1. The number of carbonyl (C=O) groups excluding carboxylic acids is 1. The van der Waals surface area contributed by atoms with E-state index in [2.05, 4.69) is 6.92 Å². The highest BCUT2D eigenvalue weighted by Crippen LogP contribution is 2.47. The quantitative estimate of drug-likeness (QED) is 0.339. The van der Waals surface area contributed by atoms with E-state index in [4.69, 9.17) is 4.74 Å². The second-order valence-electron chi connectivity index (χ2n) is 7.59. The normalized spacial score (nSPS) is 20.6. The Hall–Kier alpha value is -1.73. The minimum atomic E-state index is -5.33. The van der Waals surface area contributed by atoms with Crippen LogP contribution < -0.4 is 4.74 Å². The van der Waals surface area contributed by atoms with Crippen LogP contribution in [0.2, 0.25) is 0 Å². The SMILES string of the molecule is CCCC1CCC(CC(=O)c2ccc(OCC)c(C(F)(F)F)c2C(F)(F)F)CC1. The van der Waals surface area contributed by atoms with Crippen molar-refractivity contribution in [2.45, 2.75) is 71.1 Å². The predicted octanol–water partition coefficient (Wildman–Crippen LogP) is 7.30. The molecular weight excluding hydrogens is 398 g/mol. The zero-order valence-electron chi connectivity index (χ0n) is 16.6. The fourth-order valence-electron chi connectivity index (χ4n) is 4.17. The lowest BCUT2D eigenvalue weighted by molar-refractivity contribution is -0.163. The van der Waals surface area contributed by atoms with Gasteiger partial charge in [0.15, 0.2) is 5.78 Å². The van der Waals surface area contributed by atoms with E-state index in [0.717, 1.165) is 37.8 Å². The average Bonchev–Trinajstić information content (AvgIpc) is 2.61. The predicted molar refractivity (Wildman–Crippen MR) is 96.9 cm³/mol. The molecule has 0 radical (unpaired) electrons. The van der Waals surface area contributed by atoms with Crippen molar-refractivity contribution < 1.29 is 35.9 Å². The van der Waals surface area contributed by atoms with E-state index >= 15 is 0 Å². The number of hydrogen-bond donors (Lipinski definition) is 0. The van der Waals surface area contributed by atoms with Crippen molar-refractivity contribution in [1.82, 2.24) is 0 Å². The highest BCUT2D eigenvalue weighted by molar-refractivity contribution is 5.98. The molecule has 29 heavy (non-hydrogen) atoms. The minimum absolute atomic E-state index is 0.0994. The van der Waals surface area contributed by atoms with Gasteiger partial charge in [-0.3, -0.25) is 4.79 Å². The summed E-state index contributed by atoms with van der Waals surface area (Å²) in [7, 11) is 0. The lowest BCUT2D eigenvalue weighted by Gasteiger charge is -2.28. The molecule has 8 heteroatoms. The summed E-state index contributed by atoms with van der Waals surface area (Å²) >= 11 is 0. The molecular formula is C21H26F6O2. The van der Waals surface area contributed by atoms with Crippen molar-refractivity contribution in [2.24, 2.45) is 11.8 Å². The zero-order chi connectivity index (χ0) is 21.8. The Kier molecular flexibility index (Phi) is 7.62. The highest BCUT2D eigenvalue weighted by atomic mass is 19.4. The first-order valence-electron chi connectivity index (χ1n) is 9.96. The van der Waals surface area contributed by atoms with Crippen molar-refractivity contribution in [1.29, 1.82) is 0 Å². The molecule has 1 aliphatic rings. The van der Waals surface area contributed by atoms with Gasteiger partial charge in [0.25, 0.3) is 0 Å². The van der Waals surface area contributed by atoms with Gasteiger partial charge in [-0.2, -0.15) is 26.3 Å². The van der Waals surface area contributed by atoms with Crippen molar-refractivity contribution in [3.05, 3.63) is 28.8 Å². The molecule has 1 aromatic carbocycles. The first kappa shape index (κ1) is 23.5. The summed E-state index contributed by atoms with van der Waals surface area (Å²) in [6.45, 7) is 3.23. The number of ether oxygens (including phenoxy) is 1. The lowest BCUT2D eigenvalue weighted by atomic mass is 9.77. The van der Waals surface area contributed by atoms with Crippen LogP contribution in [-0.4, -0.2) is 12.4 Å². The third-order valence-corrected chi connectivity index (χ3v) is 5.47. The molecule has 2 nitrogen and oxygen atoms in total. The van der Waals surface area contributed by atoms with E-state index in [9.17, 15) is 31.1 Å². The Morgan fingerprint density at radius 2 is 1.48 bits per heavy atom. The van der Waals surface area contributed by atoms with Crippen LogP contribution in [0.1, 0.15) is 80.3 Å². The molecule has 1 aromatic rings. The Labute approximate surface area is 166 Å². The van der Waals surface area contributed by atoms with Crippen LogP contribution in [0.15, 0.2) is 12.1 Å². The fraction of sp³-hybridized carbons (Fsp3) is 0.667. The van der Waals surface area contributed by atoms with Gasteiger partial charge in [-0.25, -0.2) is 0 Å². The van der Waals surface area contributed by atoms with Crippen LogP contribution in [0, 0.1) is 11.8 Å². The number of rotatable bonds is 7. The number of benzene rings is 1. The summed E-state index contributed by atoms with van der Waals surface area (Å²) in [5.74, 6) is -1.36. The van der Waals surface area contributed by atoms with Gasteiger partial charge in [0.05, 0.1) is 12.2 Å². The van der Waals surface area contributed by atoms with Gasteiger partial charge in [0, 0.05) is 12.0 Å². The molecule has 164 valence electrons. The Morgan fingerprint density at radius 1 is 0.931 bits per heavy atom. The molecule has 0 amide bonds. The average molecular weight is 424 g/mol. The molecule has 0 aromatic heterocycles. The molecule has 0 saturated heterocycles. The van der Waals surface area contributed by atoms with Crippen molar-refractivity contribution in [2.75, 3.05) is 6.61 Å². The maximum absolute atomic E-state index is 13.6. The van der Waals surface area contributed by atoms with E-state index < -0.39 is 40.6 Å².